The number of halogens is 3. The quantitative estimate of drug-likeness (QED) is 0.308. The highest BCUT2D eigenvalue weighted by molar-refractivity contribution is 14.1. The lowest BCUT2D eigenvalue weighted by atomic mass is 10.1. The molecule has 146 valence electrons. The molecule has 0 aliphatic heterocycles. The number of hydrogen-bond donors (Lipinski definition) is 1. The normalized spacial score (nSPS) is 10.9. The summed E-state index contributed by atoms with van der Waals surface area (Å²) in [6.07, 6.45) is 1.69. The summed E-state index contributed by atoms with van der Waals surface area (Å²) in [5.74, 6) is -1.90. The minimum Gasteiger partial charge on any atom is -0.497 e. The van der Waals surface area contributed by atoms with Crippen molar-refractivity contribution in [1.29, 1.82) is 0 Å². The molecule has 0 bridgehead atoms. The van der Waals surface area contributed by atoms with Gasteiger partial charge >= 0.3 is 0 Å². The average Bonchev–Trinajstić information content (AvgIpc) is 3.14. The minimum absolute atomic E-state index is 0.174. The maximum Gasteiger partial charge on any atom is 0.261 e. The summed E-state index contributed by atoms with van der Waals surface area (Å²) < 4.78 is 35.3. The van der Waals surface area contributed by atoms with Crippen LogP contribution in [-0.2, 0) is 0 Å². The Bertz CT molecular complexity index is 1220. The maximum atomic E-state index is 14.1. The molecule has 4 rings (SSSR count). The number of nitrogens with one attached hydrogen (secondary N) is 1. The van der Waals surface area contributed by atoms with Crippen LogP contribution in [-0.4, -0.2) is 22.6 Å². The molecule has 0 saturated heterocycles. The van der Waals surface area contributed by atoms with E-state index in [1.807, 2.05) is 22.8 Å². The van der Waals surface area contributed by atoms with Gasteiger partial charge in [-0.2, -0.15) is 0 Å². The van der Waals surface area contributed by atoms with Gasteiger partial charge in [-0.15, -0.1) is 0 Å². The molecule has 1 amide bonds. The second kappa shape index (κ2) is 7.78. The Morgan fingerprint density at radius 3 is 2.59 bits per heavy atom. The number of fused-ring (bicyclic) bond motifs is 1. The number of nitrogens with zero attached hydrogens (tertiary/aromatic N) is 2. The SMILES string of the molecule is COc1ccc2c(c1)ncn2-c1ccc(NC(=O)c2c(F)ccc(I)c2F)cc1. The van der Waals surface area contributed by atoms with E-state index >= 15 is 0 Å². The number of benzene rings is 3. The number of carbonyl (C=O) groups is 1. The number of rotatable bonds is 4. The van der Waals surface area contributed by atoms with E-state index in [0.717, 1.165) is 28.5 Å². The Morgan fingerprint density at radius 1 is 1.10 bits per heavy atom. The molecule has 0 atom stereocenters. The van der Waals surface area contributed by atoms with Crippen LogP contribution in [0.4, 0.5) is 14.5 Å². The van der Waals surface area contributed by atoms with Crippen molar-refractivity contribution < 1.29 is 18.3 Å². The van der Waals surface area contributed by atoms with Crippen molar-refractivity contribution in [3.8, 4) is 11.4 Å². The zero-order valence-electron chi connectivity index (χ0n) is 15.1. The Morgan fingerprint density at radius 2 is 1.86 bits per heavy atom. The van der Waals surface area contributed by atoms with Crippen LogP contribution in [0.5, 0.6) is 5.75 Å². The fraction of sp³-hybridized carbons (Fsp3) is 0.0476. The van der Waals surface area contributed by atoms with Gasteiger partial charge in [-0.25, -0.2) is 13.8 Å². The zero-order chi connectivity index (χ0) is 20.5. The summed E-state index contributed by atoms with van der Waals surface area (Å²) in [6, 6.07) is 14.8. The van der Waals surface area contributed by atoms with Crippen molar-refractivity contribution in [1.82, 2.24) is 9.55 Å². The third-order valence-electron chi connectivity index (χ3n) is 4.43. The number of imidazole rings is 1. The lowest BCUT2D eigenvalue weighted by Gasteiger charge is -2.10. The molecular formula is C21H14F2IN3O2. The summed E-state index contributed by atoms with van der Waals surface area (Å²) in [5, 5.41) is 2.53. The number of aromatic nitrogens is 2. The molecule has 1 N–H and O–H groups in total. The minimum atomic E-state index is -0.905. The lowest BCUT2D eigenvalue weighted by molar-refractivity contribution is 0.101. The first-order valence-electron chi connectivity index (χ1n) is 8.54. The molecule has 0 unspecified atom stereocenters. The molecule has 0 radical (unpaired) electrons. The summed E-state index contributed by atoms with van der Waals surface area (Å²) >= 11 is 1.71. The molecule has 0 aliphatic rings. The number of methoxy groups -OCH3 is 1. The van der Waals surface area contributed by atoms with Gasteiger partial charge < -0.3 is 10.1 Å². The van der Waals surface area contributed by atoms with Gasteiger partial charge in [0.1, 0.15) is 23.5 Å². The first kappa shape index (κ1) is 19.3. The van der Waals surface area contributed by atoms with Gasteiger partial charge in [0.25, 0.3) is 5.91 Å². The second-order valence-electron chi connectivity index (χ2n) is 6.19. The van der Waals surface area contributed by atoms with Crippen molar-refractivity contribution in [3.63, 3.8) is 0 Å². The van der Waals surface area contributed by atoms with Crippen LogP contribution >= 0.6 is 22.6 Å². The Kier molecular flexibility index (Phi) is 5.18. The molecule has 0 fully saturated rings. The molecule has 29 heavy (non-hydrogen) atoms. The molecule has 4 aromatic rings. The number of carbonyl (C=O) groups excluding carboxylic acids is 1. The van der Waals surface area contributed by atoms with E-state index in [1.54, 1.807) is 60.3 Å². The Labute approximate surface area is 178 Å². The molecule has 0 saturated carbocycles. The van der Waals surface area contributed by atoms with Gasteiger partial charge in [-0.05, 0) is 71.1 Å². The lowest BCUT2D eigenvalue weighted by Crippen LogP contribution is -2.16. The fourth-order valence-corrected chi connectivity index (χ4v) is 3.41. The standard InChI is InChI=1S/C21H14F2IN3O2/c1-29-14-6-9-18-17(10-14)25-11-27(18)13-4-2-12(3-5-13)26-21(28)19-15(22)7-8-16(24)20(19)23/h2-11H,1H3,(H,26,28). The number of ether oxygens (including phenoxy) is 1. The molecule has 0 aliphatic carbocycles. The maximum absolute atomic E-state index is 14.1. The average molecular weight is 505 g/mol. The highest BCUT2D eigenvalue weighted by atomic mass is 127. The van der Waals surface area contributed by atoms with E-state index < -0.39 is 23.1 Å². The number of amides is 1. The molecule has 1 aromatic heterocycles. The van der Waals surface area contributed by atoms with E-state index in [9.17, 15) is 13.6 Å². The highest BCUT2D eigenvalue weighted by Gasteiger charge is 2.20. The van der Waals surface area contributed by atoms with Crippen LogP contribution < -0.4 is 10.1 Å². The van der Waals surface area contributed by atoms with Gasteiger partial charge in [-0.1, -0.05) is 0 Å². The van der Waals surface area contributed by atoms with Crippen molar-refractivity contribution >= 4 is 45.2 Å². The van der Waals surface area contributed by atoms with E-state index in [-0.39, 0.29) is 3.57 Å². The van der Waals surface area contributed by atoms with Crippen LogP contribution in [0.1, 0.15) is 10.4 Å². The summed E-state index contributed by atoms with van der Waals surface area (Å²) in [4.78, 5) is 16.7. The topological polar surface area (TPSA) is 56.1 Å². The van der Waals surface area contributed by atoms with Crippen molar-refractivity contribution in [3.05, 3.63) is 81.7 Å². The van der Waals surface area contributed by atoms with Crippen LogP contribution in [0.3, 0.4) is 0 Å². The first-order valence-corrected chi connectivity index (χ1v) is 9.62. The van der Waals surface area contributed by atoms with E-state index in [0.29, 0.717) is 5.69 Å². The van der Waals surface area contributed by atoms with Crippen LogP contribution in [0.2, 0.25) is 0 Å². The second-order valence-corrected chi connectivity index (χ2v) is 7.35. The van der Waals surface area contributed by atoms with Crippen molar-refractivity contribution in [2.24, 2.45) is 0 Å². The van der Waals surface area contributed by atoms with E-state index in [2.05, 4.69) is 10.3 Å². The summed E-state index contributed by atoms with van der Waals surface area (Å²) in [7, 11) is 1.60. The third-order valence-corrected chi connectivity index (χ3v) is 5.26. The van der Waals surface area contributed by atoms with Crippen molar-refractivity contribution in [2.45, 2.75) is 0 Å². The third kappa shape index (κ3) is 3.67. The van der Waals surface area contributed by atoms with Crippen LogP contribution in [0.15, 0.2) is 60.9 Å². The van der Waals surface area contributed by atoms with Gasteiger partial charge in [0.2, 0.25) is 0 Å². The van der Waals surface area contributed by atoms with Gasteiger partial charge in [-0.3, -0.25) is 9.36 Å². The fourth-order valence-electron chi connectivity index (χ4n) is 2.96. The number of hydrogen-bond acceptors (Lipinski definition) is 3. The Hall–Kier alpha value is -3.01. The number of anilines is 1. The highest BCUT2D eigenvalue weighted by Crippen LogP contribution is 2.24. The predicted octanol–water partition coefficient (Wildman–Crippen LogP) is 5.17. The van der Waals surface area contributed by atoms with E-state index in [1.165, 1.54) is 6.07 Å². The largest absolute Gasteiger partial charge is 0.497 e. The van der Waals surface area contributed by atoms with Crippen LogP contribution in [0, 0.1) is 15.2 Å². The molecule has 5 nitrogen and oxygen atoms in total. The Balaban J connectivity index is 1.59. The summed E-state index contributed by atoms with van der Waals surface area (Å²) in [6.45, 7) is 0. The smallest absolute Gasteiger partial charge is 0.261 e. The molecule has 0 spiro atoms. The monoisotopic (exact) mass is 505 g/mol. The van der Waals surface area contributed by atoms with Gasteiger partial charge in [0, 0.05) is 21.0 Å². The van der Waals surface area contributed by atoms with E-state index in [4.69, 9.17) is 4.74 Å². The van der Waals surface area contributed by atoms with Crippen molar-refractivity contribution in [2.75, 3.05) is 12.4 Å². The van der Waals surface area contributed by atoms with Crippen LogP contribution in [0.25, 0.3) is 16.7 Å². The first-order chi connectivity index (χ1) is 14.0. The molecule has 1 heterocycles. The van der Waals surface area contributed by atoms with Gasteiger partial charge in [0.05, 0.1) is 18.1 Å². The summed E-state index contributed by atoms with van der Waals surface area (Å²) in [5.41, 5.74) is 2.32. The molecule has 3 aromatic carbocycles. The molecule has 8 heteroatoms. The molecular weight excluding hydrogens is 491 g/mol. The zero-order valence-corrected chi connectivity index (χ0v) is 17.3. The predicted molar refractivity (Wildman–Crippen MR) is 115 cm³/mol. The van der Waals surface area contributed by atoms with Gasteiger partial charge in [0.15, 0.2) is 5.82 Å².